The summed E-state index contributed by atoms with van der Waals surface area (Å²) >= 11 is 1.95. The molecule has 2 amide bonds. The van der Waals surface area contributed by atoms with E-state index in [2.05, 4.69) is 54.7 Å². The molecule has 1 atom stereocenters. The number of hydrogen-bond donors (Lipinski definition) is 1. The third-order valence-electron chi connectivity index (χ3n) is 6.49. The van der Waals surface area contributed by atoms with E-state index in [1.54, 1.807) is 10.4 Å². The van der Waals surface area contributed by atoms with Crippen LogP contribution in [0.1, 0.15) is 56.5 Å². The van der Waals surface area contributed by atoms with Crippen molar-refractivity contribution in [3.05, 3.63) is 86.1 Å². The molecule has 1 N–H and O–H groups in total. The van der Waals surface area contributed by atoms with Crippen LogP contribution in [0.2, 0.25) is 0 Å². The Morgan fingerprint density at radius 3 is 2.63 bits per heavy atom. The number of hydrogen-bond acceptors (Lipinski definition) is 2. The lowest BCUT2D eigenvalue weighted by atomic mass is 9.88. The molecular weight excluding hydrogens is 388 g/mol. The molecule has 1 aromatic heterocycles. The molecule has 3 nitrogen and oxygen atoms in total. The summed E-state index contributed by atoms with van der Waals surface area (Å²) in [6.07, 6.45) is 5.95. The lowest BCUT2D eigenvalue weighted by Crippen LogP contribution is -2.42. The fourth-order valence-corrected chi connectivity index (χ4v) is 6.48. The number of nitrogens with zero attached hydrogens (tertiary/aromatic N) is 1. The second-order valence-electron chi connectivity index (χ2n) is 8.56. The zero-order valence-electron chi connectivity index (χ0n) is 17.7. The maximum Gasteiger partial charge on any atom is 0.322 e. The van der Waals surface area contributed by atoms with Crippen molar-refractivity contribution in [2.45, 2.75) is 52.0 Å². The molecule has 3 aromatic rings. The van der Waals surface area contributed by atoms with E-state index < -0.39 is 0 Å². The summed E-state index contributed by atoms with van der Waals surface area (Å²) in [5.41, 5.74) is 7.48. The van der Waals surface area contributed by atoms with E-state index in [0.717, 1.165) is 29.8 Å². The number of fused-ring (bicyclic) bond motifs is 3. The number of aryl methyl sites for hydroxylation is 3. The molecule has 4 heteroatoms. The lowest BCUT2D eigenvalue weighted by molar-refractivity contribution is 0.195. The van der Waals surface area contributed by atoms with Crippen LogP contribution in [0.5, 0.6) is 0 Å². The molecule has 0 saturated heterocycles. The van der Waals surface area contributed by atoms with Gasteiger partial charge in [-0.15, -0.1) is 11.3 Å². The summed E-state index contributed by atoms with van der Waals surface area (Å²) in [4.78, 5) is 18.5. The number of rotatable bonds is 2. The van der Waals surface area contributed by atoms with Gasteiger partial charge in [0, 0.05) is 22.0 Å². The Morgan fingerprint density at radius 2 is 1.80 bits per heavy atom. The van der Waals surface area contributed by atoms with Gasteiger partial charge in [0.05, 0.1) is 6.04 Å². The Bertz CT molecular complexity index is 1090. The average molecular weight is 417 g/mol. The van der Waals surface area contributed by atoms with Crippen LogP contribution in [0.15, 0.2) is 48.5 Å². The largest absolute Gasteiger partial charge is 0.322 e. The molecule has 2 aromatic carbocycles. The van der Waals surface area contributed by atoms with E-state index in [-0.39, 0.29) is 12.1 Å². The van der Waals surface area contributed by atoms with Gasteiger partial charge in [-0.3, -0.25) is 0 Å². The molecule has 0 radical (unpaired) electrons. The minimum Gasteiger partial charge on any atom is -0.312 e. The topological polar surface area (TPSA) is 32.3 Å². The Labute approximate surface area is 182 Å². The first-order chi connectivity index (χ1) is 14.6. The molecule has 30 heavy (non-hydrogen) atoms. The number of nitrogens with one attached hydrogen (secondary N) is 1. The quantitative estimate of drug-likeness (QED) is 0.513. The van der Waals surface area contributed by atoms with Crippen LogP contribution in [0.25, 0.3) is 0 Å². The minimum atomic E-state index is -0.00502. The second-order valence-corrected chi connectivity index (χ2v) is 9.70. The van der Waals surface area contributed by atoms with Crippen LogP contribution >= 0.6 is 11.3 Å². The fraction of sp³-hybridized carbons (Fsp3) is 0.346. The smallest absolute Gasteiger partial charge is 0.312 e. The third kappa shape index (κ3) is 3.43. The first kappa shape index (κ1) is 19.4. The number of anilines is 1. The highest BCUT2D eigenvalue weighted by Gasteiger charge is 2.36. The molecule has 1 aliphatic heterocycles. The molecule has 0 spiro atoms. The average Bonchev–Trinajstić information content (AvgIpc) is 3.15. The molecule has 154 valence electrons. The first-order valence-corrected chi connectivity index (χ1v) is 11.8. The predicted molar refractivity (Wildman–Crippen MR) is 125 cm³/mol. The van der Waals surface area contributed by atoms with E-state index in [1.807, 2.05) is 29.2 Å². The van der Waals surface area contributed by atoms with Crippen LogP contribution in [0.3, 0.4) is 0 Å². The van der Waals surface area contributed by atoms with Crippen LogP contribution in [-0.4, -0.2) is 17.5 Å². The predicted octanol–water partition coefficient (Wildman–Crippen LogP) is 6.42. The molecule has 0 bridgehead atoms. The van der Waals surface area contributed by atoms with Crippen molar-refractivity contribution in [1.82, 2.24) is 4.90 Å². The Kier molecular flexibility index (Phi) is 5.11. The van der Waals surface area contributed by atoms with Gasteiger partial charge >= 0.3 is 6.03 Å². The summed E-state index contributed by atoms with van der Waals surface area (Å²) in [7, 11) is 0. The van der Waals surface area contributed by atoms with Crippen LogP contribution in [0.4, 0.5) is 10.5 Å². The summed E-state index contributed by atoms with van der Waals surface area (Å²) in [5.74, 6) is 0. The van der Waals surface area contributed by atoms with E-state index in [4.69, 9.17) is 0 Å². The number of urea groups is 1. The minimum absolute atomic E-state index is 0.00401. The van der Waals surface area contributed by atoms with Crippen molar-refractivity contribution in [2.24, 2.45) is 0 Å². The third-order valence-corrected chi connectivity index (χ3v) is 7.87. The van der Waals surface area contributed by atoms with Crippen molar-refractivity contribution < 1.29 is 4.79 Å². The molecule has 0 unspecified atom stereocenters. The molecule has 2 aliphatic rings. The first-order valence-electron chi connectivity index (χ1n) is 10.9. The van der Waals surface area contributed by atoms with Crippen LogP contribution in [0, 0.1) is 13.8 Å². The van der Waals surface area contributed by atoms with Crippen molar-refractivity contribution in [2.75, 3.05) is 11.9 Å². The van der Waals surface area contributed by atoms with Crippen molar-refractivity contribution in [3.63, 3.8) is 0 Å². The van der Waals surface area contributed by atoms with E-state index >= 15 is 0 Å². The highest BCUT2D eigenvalue weighted by Crippen LogP contribution is 2.45. The fourth-order valence-electron chi connectivity index (χ4n) is 4.89. The number of carbonyl (C=O) groups is 1. The molecular formula is C26H28N2OS. The van der Waals surface area contributed by atoms with E-state index in [9.17, 15) is 4.79 Å². The van der Waals surface area contributed by atoms with Crippen molar-refractivity contribution in [3.8, 4) is 0 Å². The van der Waals surface area contributed by atoms with Gasteiger partial charge in [-0.2, -0.15) is 0 Å². The lowest BCUT2D eigenvalue weighted by Gasteiger charge is -2.36. The summed E-state index contributed by atoms with van der Waals surface area (Å²) < 4.78 is 0. The Morgan fingerprint density at radius 1 is 1.00 bits per heavy atom. The van der Waals surface area contributed by atoms with Crippen molar-refractivity contribution in [1.29, 1.82) is 0 Å². The second kappa shape index (κ2) is 7.92. The molecule has 0 fully saturated rings. The normalized spacial score (nSPS) is 17.9. The number of benzene rings is 2. The molecule has 0 saturated carbocycles. The van der Waals surface area contributed by atoms with Gasteiger partial charge in [0.15, 0.2) is 0 Å². The van der Waals surface area contributed by atoms with E-state index in [1.165, 1.54) is 41.7 Å². The summed E-state index contributed by atoms with van der Waals surface area (Å²) in [6.45, 7) is 4.86. The maximum atomic E-state index is 13.5. The van der Waals surface area contributed by atoms with Gasteiger partial charge in [-0.25, -0.2) is 4.79 Å². The maximum absolute atomic E-state index is 13.5. The van der Waals surface area contributed by atoms with Gasteiger partial charge in [-0.05, 0) is 79.8 Å². The zero-order valence-corrected chi connectivity index (χ0v) is 18.5. The summed E-state index contributed by atoms with van der Waals surface area (Å²) in [5, 5.41) is 3.20. The molecule has 5 rings (SSSR count). The standard InChI is InChI=1S/C26H28N2OS/c1-17-12-13-18(2)22(16-17)27-26(29)28-15-14-21-20-10-6-7-11-23(20)30-25(21)24(28)19-8-4-3-5-9-19/h3-5,8-9,12-13,16,24H,6-7,10-11,14-15H2,1-2H3,(H,27,29)/t24-/m1/s1. The van der Waals surface area contributed by atoms with Crippen molar-refractivity contribution >= 4 is 23.1 Å². The van der Waals surface area contributed by atoms with E-state index in [0.29, 0.717) is 0 Å². The highest BCUT2D eigenvalue weighted by atomic mass is 32.1. The van der Waals surface area contributed by atoms with Gasteiger partial charge in [-0.1, -0.05) is 42.5 Å². The molecule has 1 aliphatic carbocycles. The number of thiophene rings is 1. The van der Waals surface area contributed by atoms with Crippen LogP contribution in [-0.2, 0) is 19.3 Å². The van der Waals surface area contributed by atoms with Gasteiger partial charge < -0.3 is 10.2 Å². The SMILES string of the molecule is Cc1ccc(C)c(NC(=O)N2CCc3c(sc4c3CCCC4)[C@H]2c2ccccc2)c1. The number of amides is 2. The van der Waals surface area contributed by atoms with Gasteiger partial charge in [0.25, 0.3) is 0 Å². The van der Waals surface area contributed by atoms with Crippen LogP contribution < -0.4 is 5.32 Å². The monoisotopic (exact) mass is 416 g/mol. The summed E-state index contributed by atoms with van der Waals surface area (Å²) in [6, 6.07) is 16.7. The van der Waals surface area contributed by atoms with Gasteiger partial charge in [0.1, 0.15) is 0 Å². The highest BCUT2D eigenvalue weighted by molar-refractivity contribution is 7.12. The molecule has 2 heterocycles. The van der Waals surface area contributed by atoms with Gasteiger partial charge in [0.2, 0.25) is 0 Å². The number of carbonyl (C=O) groups excluding carboxylic acids is 1. The Hall–Kier alpha value is -2.59. The Balaban J connectivity index is 1.53. The zero-order chi connectivity index (χ0) is 20.7.